The second-order valence-electron chi connectivity index (χ2n) is 13.2. The summed E-state index contributed by atoms with van der Waals surface area (Å²) in [5.74, 6) is 1.80. The monoisotopic (exact) mass is 677 g/mol. The molecular formula is C49H31N3O. The second-order valence-corrected chi connectivity index (χ2v) is 13.2. The van der Waals surface area contributed by atoms with Gasteiger partial charge in [0.15, 0.2) is 17.5 Å². The SMILES string of the molecule is c1ccc(-c2ccc3oc4cccc(-c5nc(-c6ccccc6)nc(-c6ccc(-c7ccccc7)c(-c7ccc8ccccc8c7)c6)n5)c4c3c2)cc1. The van der Waals surface area contributed by atoms with Gasteiger partial charge in [0.1, 0.15) is 11.2 Å². The lowest BCUT2D eigenvalue weighted by Crippen LogP contribution is -2.01. The van der Waals surface area contributed by atoms with E-state index in [0.29, 0.717) is 17.5 Å². The minimum absolute atomic E-state index is 0.589. The van der Waals surface area contributed by atoms with Crippen LogP contribution in [-0.2, 0) is 0 Å². The summed E-state index contributed by atoms with van der Waals surface area (Å²) >= 11 is 0. The molecular weight excluding hydrogens is 647 g/mol. The van der Waals surface area contributed by atoms with E-state index in [2.05, 4.69) is 140 Å². The molecule has 0 atom stereocenters. The molecule has 0 bridgehead atoms. The number of aromatic nitrogens is 3. The van der Waals surface area contributed by atoms with Gasteiger partial charge in [-0.2, -0.15) is 0 Å². The van der Waals surface area contributed by atoms with Gasteiger partial charge in [0.2, 0.25) is 0 Å². The molecule has 4 heteroatoms. The van der Waals surface area contributed by atoms with Crippen molar-refractivity contribution in [1.82, 2.24) is 15.0 Å². The van der Waals surface area contributed by atoms with Gasteiger partial charge in [0, 0.05) is 27.5 Å². The predicted octanol–water partition coefficient (Wildman–Crippen LogP) is 12.9. The zero-order valence-electron chi connectivity index (χ0n) is 28.6. The van der Waals surface area contributed by atoms with Crippen molar-refractivity contribution in [3.05, 3.63) is 188 Å². The molecule has 10 rings (SSSR count). The van der Waals surface area contributed by atoms with Crippen LogP contribution < -0.4 is 0 Å². The first-order valence-electron chi connectivity index (χ1n) is 17.8. The highest BCUT2D eigenvalue weighted by Gasteiger charge is 2.19. The van der Waals surface area contributed by atoms with Crippen LogP contribution in [0.2, 0.25) is 0 Å². The quantitative estimate of drug-likeness (QED) is 0.176. The second kappa shape index (κ2) is 12.9. The molecule has 4 nitrogen and oxygen atoms in total. The van der Waals surface area contributed by atoms with E-state index in [1.54, 1.807) is 0 Å². The molecule has 2 aromatic heterocycles. The highest BCUT2D eigenvalue weighted by Crippen LogP contribution is 2.40. The Kier molecular flexibility index (Phi) is 7.43. The van der Waals surface area contributed by atoms with Crippen LogP contribution in [0, 0.1) is 0 Å². The van der Waals surface area contributed by atoms with Crippen LogP contribution in [0.5, 0.6) is 0 Å². The van der Waals surface area contributed by atoms with Crippen molar-refractivity contribution in [1.29, 1.82) is 0 Å². The van der Waals surface area contributed by atoms with Crippen LogP contribution in [-0.4, -0.2) is 15.0 Å². The summed E-state index contributed by atoms with van der Waals surface area (Å²) in [6.45, 7) is 0. The molecule has 0 unspecified atom stereocenters. The first kappa shape index (κ1) is 30.6. The van der Waals surface area contributed by atoms with E-state index in [-0.39, 0.29) is 0 Å². The average Bonchev–Trinajstić information content (AvgIpc) is 3.62. The Morgan fingerprint density at radius 2 is 0.925 bits per heavy atom. The van der Waals surface area contributed by atoms with Crippen molar-refractivity contribution < 1.29 is 4.42 Å². The molecule has 0 radical (unpaired) electrons. The van der Waals surface area contributed by atoms with Crippen molar-refractivity contribution in [2.24, 2.45) is 0 Å². The fourth-order valence-corrected chi connectivity index (χ4v) is 7.31. The average molecular weight is 678 g/mol. The largest absolute Gasteiger partial charge is 0.456 e. The molecule has 248 valence electrons. The molecule has 0 amide bonds. The molecule has 8 aromatic carbocycles. The molecule has 0 fully saturated rings. The summed E-state index contributed by atoms with van der Waals surface area (Å²) in [4.78, 5) is 15.5. The van der Waals surface area contributed by atoms with Crippen molar-refractivity contribution in [3.8, 4) is 67.5 Å². The maximum absolute atomic E-state index is 6.41. The summed E-state index contributed by atoms with van der Waals surface area (Å²) < 4.78 is 6.41. The normalized spacial score (nSPS) is 11.4. The third-order valence-electron chi connectivity index (χ3n) is 9.93. The fourth-order valence-electron chi connectivity index (χ4n) is 7.31. The van der Waals surface area contributed by atoms with Gasteiger partial charge >= 0.3 is 0 Å². The van der Waals surface area contributed by atoms with E-state index in [1.165, 1.54) is 10.8 Å². The number of benzene rings is 8. The molecule has 0 aliphatic carbocycles. The van der Waals surface area contributed by atoms with Gasteiger partial charge in [-0.05, 0) is 74.5 Å². The standard InChI is InChI=1S/C49H31N3O/c1-4-13-32(14-5-1)37-26-28-44-43(30-37)46-41(21-12-22-45(46)53-44)49-51-47(35-18-8-3-9-19-35)50-48(52-49)39-25-27-40(34-16-6-2-7-17-34)42(31-39)38-24-23-33-15-10-11-20-36(33)29-38/h1-31H. The number of nitrogens with zero attached hydrogens (tertiary/aromatic N) is 3. The molecule has 0 aliphatic heterocycles. The van der Waals surface area contributed by atoms with E-state index in [1.807, 2.05) is 48.5 Å². The van der Waals surface area contributed by atoms with Crippen LogP contribution in [0.25, 0.3) is 100 Å². The summed E-state index contributed by atoms with van der Waals surface area (Å²) in [5.41, 5.74) is 11.1. The molecule has 0 spiro atoms. The Morgan fingerprint density at radius 3 is 1.70 bits per heavy atom. The van der Waals surface area contributed by atoms with Gasteiger partial charge in [-0.25, -0.2) is 15.0 Å². The van der Waals surface area contributed by atoms with Crippen LogP contribution in [0.3, 0.4) is 0 Å². The van der Waals surface area contributed by atoms with Gasteiger partial charge in [-0.1, -0.05) is 158 Å². The number of furan rings is 1. The number of rotatable bonds is 6. The van der Waals surface area contributed by atoms with Crippen molar-refractivity contribution in [3.63, 3.8) is 0 Å². The number of fused-ring (bicyclic) bond motifs is 4. The van der Waals surface area contributed by atoms with Gasteiger partial charge < -0.3 is 4.42 Å². The van der Waals surface area contributed by atoms with Gasteiger partial charge in [-0.15, -0.1) is 0 Å². The number of hydrogen-bond acceptors (Lipinski definition) is 4. The predicted molar refractivity (Wildman–Crippen MR) is 217 cm³/mol. The lowest BCUT2D eigenvalue weighted by atomic mass is 9.91. The summed E-state index contributed by atoms with van der Waals surface area (Å²) in [7, 11) is 0. The Bertz CT molecular complexity index is 2940. The van der Waals surface area contributed by atoms with Crippen molar-refractivity contribution in [2.45, 2.75) is 0 Å². The lowest BCUT2D eigenvalue weighted by Gasteiger charge is -2.14. The fraction of sp³-hybridized carbons (Fsp3) is 0. The summed E-state index contributed by atoms with van der Waals surface area (Å²) in [5, 5.41) is 4.40. The lowest BCUT2D eigenvalue weighted by molar-refractivity contribution is 0.669. The first-order chi connectivity index (χ1) is 26.2. The first-order valence-corrected chi connectivity index (χ1v) is 17.8. The smallest absolute Gasteiger partial charge is 0.164 e. The van der Waals surface area contributed by atoms with E-state index in [0.717, 1.165) is 72.0 Å². The Balaban J connectivity index is 1.19. The molecule has 0 saturated carbocycles. The zero-order valence-corrected chi connectivity index (χ0v) is 28.6. The van der Waals surface area contributed by atoms with Crippen LogP contribution in [0.15, 0.2) is 192 Å². The Labute approximate surface area is 306 Å². The highest BCUT2D eigenvalue weighted by molar-refractivity contribution is 6.12. The van der Waals surface area contributed by atoms with Crippen LogP contribution in [0.4, 0.5) is 0 Å². The van der Waals surface area contributed by atoms with E-state index in [9.17, 15) is 0 Å². The van der Waals surface area contributed by atoms with E-state index in [4.69, 9.17) is 19.4 Å². The highest BCUT2D eigenvalue weighted by atomic mass is 16.3. The summed E-state index contributed by atoms with van der Waals surface area (Å²) in [6, 6.07) is 65.3. The molecule has 0 aliphatic rings. The minimum atomic E-state index is 0.589. The van der Waals surface area contributed by atoms with Gasteiger partial charge in [-0.3, -0.25) is 0 Å². The summed E-state index contributed by atoms with van der Waals surface area (Å²) in [6.07, 6.45) is 0. The van der Waals surface area contributed by atoms with E-state index >= 15 is 0 Å². The Hall–Kier alpha value is -7.17. The maximum Gasteiger partial charge on any atom is 0.164 e. The third kappa shape index (κ3) is 5.63. The molecule has 53 heavy (non-hydrogen) atoms. The van der Waals surface area contributed by atoms with Crippen LogP contribution in [0.1, 0.15) is 0 Å². The van der Waals surface area contributed by atoms with Crippen molar-refractivity contribution in [2.75, 3.05) is 0 Å². The molecule has 0 N–H and O–H groups in total. The van der Waals surface area contributed by atoms with Gasteiger partial charge in [0.05, 0.1) is 0 Å². The minimum Gasteiger partial charge on any atom is -0.456 e. The van der Waals surface area contributed by atoms with E-state index < -0.39 is 0 Å². The molecule has 2 heterocycles. The van der Waals surface area contributed by atoms with Gasteiger partial charge in [0.25, 0.3) is 0 Å². The Morgan fingerprint density at radius 1 is 0.302 bits per heavy atom. The maximum atomic E-state index is 6.41. The third-order valence-corrected chi connectivity index (χ3v) is 9.93. The topological polar surface area (TPSA) is 51.8 Å². The zero-order chi connectivity index (χ0) is 35.1. The van der Waals surface area contributed by atoms with Crippen molar-refractivity contribution >= 4 is 32.7 Å². The molecule has 0 saturated heterocycles. The number of hydrogen-bond donors (Lipinski definition) is 0. The molecule has 10 aromatic rings. The van der Waals surface area contributed by atoms with Crippen LogP contribution >= 0.6 is 0 Å².